The molecule has 2 heterocycles. The minimum atomic E-state index is 0.348. The average molecular weight is 240 g/mol. The summed E-state index contributed by atoms with van der Waals surface area (Å²) in [7, 11) is 1.78. The normalized spacial score (nSPS) is 32.3. The number of nitrogens with one attached hydrogen (secondary N) is 2. The van der Waals surface area contributed by atoms with Crippen molar-refractivity contribution in [2.75, 3.05) is 26.8 Å². The van der Waals surface area contributed by atoms with E-state index in [4.69, 9.17) is 4.74 Å². The standard InChI is InChI=1S/C14H28N2O/c1-14(2,6-7-17-3)10-15-9-11-8-12-4-5-13(11)16-12/h11-13,15-16H,4-10H2,1-3H3. The first-order valence-corrected chi connectivity index (χ1v) is 7.06. The third-order valence-electron chi connectivity index (χ3n) is 4.43. The van der Waals surface area contributed by atoms with E-state index in [2.05, 4.69) is 24.5 Å². The van der Waals surface area contributed by atoms with Gasteiger partial charge in [-0.2, -0.15) is 0 Å². The lowest BCUT2D eigenvalue weighted by atomic mass is 9.87. The molecule has 0 aromatic carbocycles. The summed E-state index contributed by atoms with van der Waals surface area (Å²) in [6.07, 6.45) is 5.31. The molecule has 2 bridgehead atoms. The highest BCUT2D eigenvalue weighted by Crippen LogP contribution is 2.32. The summed E-state index contributed by atoms with van der Waals surface area (Å²) in [5.41, 5.74) is 0.348. The van der Waals surface area contributed by atoms with Crippen LogP contribution in [0.25, 0.3) is 0 Å². The molecule has 3 nitrogen and oxygen atoms in total. The number of fused-ring (bicyclic) bond motifs is 2. The molecular weight excluding hydrogens is 212 g/mol. The monoisotopic (exact) mass is 240 g/mol. The van der Waals surface area contributed by atoms with Crippen molar-refractivity contribution >= 4 is 0 Å². The van der Waals surface area contributed by atoms with E-state index >= 15 is 0 Å². The van der Waals surface area contributed by atoms with Gasteiger partial charge in [-0.05, 0) is 43.6 Å². The van der Waals surface area contributed by atoms with Gasteiger partial charge >= 0.3 is 0 Å². The fourth-order valence-corrected chi connectivity index (χ4v) is 3.23. The third-order valence-corrected chi connectivity index (χ3v) is 4.43. The van der Waals surface area contributed by atoms with E-state index in [1.165, 1.54) is 25.8 Å². The summed E-state index contributed by atoms with van der Waals surface area (Å²) < 4.78 is 5.16. The largest absolute Gasteiger partial charge is 0.385 e. The summed E-state index contributed by atoms with van der Waals surface area (Å²) >= 11 is 0. The van der Waals surface area contributed by atoms with Crippen LogP contribution in [0, 0.1) is 11.3 Å². The fourth-order valence-electron chi connectivity index (χ4n) is 3.23. The topological polar surface area (TPSA) is 33.3 Å². The summed E-state index contributed by atoms with van der Waals surface area (Å²) in [6.45, 7) is 7.79. The molecule has 0 aromatic heterocycles. The molecule has 0 spiro atoms. The van der Waals surface area contributed by atoms with Crippen molar-refractivity contribution in [1.82, 2.24) is 10.6 Å². The maximum absolute atomic E-state index is 5.16. The number of rotatable bonds is 7. The fraction of sp³-hybridized carbons (Fsp3) is 1.00. The lowest BCUT2D eigenvalue weighted by Gasteiger charge is -2.27. The van der Waals surface area contributed by atoms with E-state index in [0.717, 1.165) is 37.6 Å². The molecule has 2 N–H and O–H groups in total. The van der Waals surface area contributed by atoms with E-state index in [0.29, 0.717) is 5.41 Å². The van der Waals surface area contributed by atoms with Crippen LogP contribution in [0.15, 0.2) is 0 Å². The molecule has 0 aliphatic carbocycles. The number of methoxy groups -OCH3 is 1. The third kappa shape index (κ3) is 3.67. The molecule has 2 aliphatic rings. The first-order chi connectivity index (χ1) is 8.11. The molecule has 2 saturated heterocycles. The molecule has 0 amide bonds. The van der Waals surface area contributed by atoms with Gasteiger partial charge in [0, 0.05) is 32.3 Å². The van der Waals surface area contributed by atoms with Crippen LogP contribution in [-0.4, -0.2) is 38.9 Å². The predicted octanol–water partition coefficient (Wildman–Crippen LogP) is 1.78. The highest BCUT2D eigenvalue weighted by atomic mass is 16.5. The average Bonchev–Trinajstić information content (AvgIpc) is 2.88. The van der Waals surface area contributed by atoms with E-state index in [1.807, 2.05) is 0 Å². The second kappa shape index (κ2) is 5.68. The zero-order valence-electron chi connectivity index (χ0n) is 11.6. The van der Waals surface area contributed by atoms with Gasteiger partial charge in [0.25, 0.3) is 0 Å². The molecule has 3 atom stereocenters. The molecule has 100 valence electrons. The van der Waals surface area contributed by atoms with Crippen LogP contribution in [0.3, 0.4) is 0 Å². The molecule has 0 radical (unpaired) electrons. The summed E-state index contributed by atoms with van der Waals surface area (Å²) in [5.74, 6) is 0.868. The smallest absolute Gasteiger partial charge is 0.0467 e. The van der Waals surface area contributed by atoms with Crippen LogP contribution in [0.2, 0.25) is 0 Å². The van der Waals surface area contributed by atoms with Crippen molar-refractivity contribution in [2.45, 2.75) is 51.6 Å². The Hall–Kier alpha value is -0.120. The quantitative estimate of drug-likeness (QED) is 0.711. The minimum absolute atomic E-state index is 0.348. The zero-order valence-corrected chi connectivity index (χ0v) is 11.6. The van der Waals surface area contributed by atoms with Crippen LogP contribution in [-0.2, 0) is 4.74 Å². The Bertz CT molecular complexity index is 242. The van der Waals surface area contributed by atoms with Gasteiger partial charge in [0.1, 0.15) is 0 Å². The first-order valence-electron chi connectivity index (χ1n) is 7.06. The molecule has 3 unspecified atom stereocenters. The van der Waals surface area contributed by atoms with Crippen molar-refractivity contribution < 1.29 is 4.74 Å². The van der Waals surface area contributed by atoms with Crippen molar-refractivity contribution in [3.63, 3.8) is 0 Å². The van der Waals surface area contributed by atoms with Crippen LogP contribution in [0.4, 0.5) is 0 Å². The van der Waals surface area contributed by atoms with Gasteiger partial charge in [0.2, 0.25) is 0 Å². The molecule has 17 heavy (non-hydrogen) atoms. The lowest BCUT2D eigenvalue weighted by Crippen LogP contribution is -2.37. The van der Waals surface area contributed by atoms with Gasteiger partial charge in [-0.1, -0.05) is 13.8 Å². The van der Waals surface area contributed by atoms with E-state index in [9.17, 15) is 0 Å². The van der Waals surface area contributed by atoms with E-state index in [1.54, 1.807) is 7.11 Å². The minimum Gasteiger partial charge on any atom is -0.385 e. The predicted molar refractivity (Wildman–Crippen MR) is 71.2 cm³/mol. The Kier molecular flexibility index (Phi) is 4.45. The first kappa shape index (κ1) is 13.3. The Morgan fingerprint density at radius 3 is 2.76 bits per heavy atom. The Morgan fingerprint density at radius 2 is 2.18 bits per heavy atom. The second-order valence-corrected chi connectivity index (χ2v) is 6.58. The van der Waals surface area contributed by atoms with Crippen LogP contribution in [0.5, 0.6) is 0 Å². The maximum atomic E-state index is 5.16. The molecule has 2 rings (SSSR count). The summed E-state index contributed by atoms with van der Waals surface area (Å²) in [6, 6.07) is 1.63. The summed E-state index contributed by atoms with van der Waals surface area (Å²) in [4.78, 5) is 0. The summed E-state index contributed by atoms with van der Waals surface area (Å²) in [5, 5.41) is 7.37. The van der Waals surface area contributed by atoms with Gasteiger partial charge in [-0.3, -0.25) is 0 Å². The van der Waals surface area contributed by atoms with Crippen molar-refractivity contribution in [3.05, 3.63) is 0 Å². The second-order valence-electron chi connectivity index (χ2n) is 6.58. The van der Waals surface area contributed by atoms with Crippen LogP contribution < -0.4 is 10.6 Å². The Balaban J connectivity index is 1.62. The number of hydrogen-bond donors (Lipinski definition) is 2. The molecular formula is C14H28N2O. The highest BCUT2D eigenvalue weighted by molar-refractivity contribution is 4.98. The van der Waals surface area contributed by atoms with Gasteiger partial charge < -0.3 is 15.4 Å². The van der Waals surface area contributed by atoms with Gasteiger partial charge in [-0.15, -0.1) is 0 Å². The molecule has 0 saturated carbocycles. The van der Waals surface area contributed by atoms with Gasteiger partial charge in [0.05, 0.1) is 0 Å². The number of ether oxygens (including phenoxy) is 1. The zero-order chi connectivity index (χ0) is 12.3. The van der Waals surface area contributed by atoms with Crippen molar-refractivity contribution in [1.29, 1.82) is 0 Å². The molecule has 0 aromatic rings. The van der Waals surface area contributed by atoms with Crippen molar-refractivity contribution in [3.8, 4) is 0 Å². The molecule has 3 heteroatoms. The Labute approximate surface area is 106 Å². The maximum Gasteiger partial charge on any atom is 0.0467 e. The molecule has 2 aliphatic heterocycles. The molecule has 2 fully saturated rings. The highest BCUT2D eigenvalue weighted by Gasteiger charge is 2.38. The number of hydrogen-bond acceptors (Lipinski definition) is 3. The van der Waals surface area contributed by atoms with E-state index < -0.39 is 0 Å². The SMILES string of the molecule is COCCC(C)(C)CNCC1CC2CCC1N2. The van der Waals surface area contributed by atoms with Crippen LogP contribution in [0.1, 0.15) is 39.5 Å². The van der Waals surface area contributed by atoms with Gasteiger partial charge in [0.15, 0.2) is 0 Å². The van der Waals surface area contributed by atoms with Gasteiger partial charge in [-0.25, -0.2) is 0 Å². The van der Waals surface area contributed by atoms with Crippen LogP contribution >= 0.6 is 0 Å². The lowest BCUT2D eigenvalue weighted by molar-refractivity contribution is 0.149. The Morgan fingerprint density at radius 1 is 1.35 bits per heavy atom. The van der Waals surface area contributed by atoms with Crippen molar-refractivity contribution in [2.24, 2.45) is 11.3 Å². The van der Waals surface area contributed by atoms with E-state index in [-0.39, 0.29) is 0 Å².